The summed E-state index contributed by atoms with van der Waals surface area (Å²) in [6, 6.07) is 0. The fraction of sp³-hybridized carbons (Fsp3) is 0.925. The molecule has 0 bridgehead atoms. The molecule has 0 aromatic heterocycles. The highest BCUT2D eigenvalue weighted by Crippen LogP contribution is 2.24. The average Bonchev–Trinajstić information content (AvgIpc) is 3.28. The number of rotatable bonds is 47. The first-order valence-corrected chi connectivity index (χ1v) is 28.9. The van der Waals surface area contributed by atoms with E-state index in [1.165, 1.54) is 180 Å². The van der Waals surface area contributed by atoms with Crippen molar-refractivity contribution in [2.24, 2.45) is 0 Å². The third-order valence-corrected chi connectivity index (χ3v) is 13.6. The molecule has 1 aliphatic heterocycles. The van der Waals surface area contributed by atoms with Crippen LogP contribution in [0.1, 0.15) is 258 Å². The van der Waals surface area contributed by atoms with Gasteiger partial charge in [-0.2, -0.15) is 8.42 Å². The van der Waals surface area contributed by atoms with Crippen LogP contribution < -0.4 is 0 Å². The molecule has 1 saturated heterocycles. The summed E-state index contributed by atoms with van der Waals surface area (Å²) >= 11 is 0. The number of hydrogen-bond acceptors (Lipinski definition) is 11. The molecular weight excluding hydrogens is 861 g/mol. The lowest BCUT2D eigenvalue weighted by atomic mass is 10.00. The topological polar surface area (TPSA) is 186 Å². The predicted octanol–water partition coefficient (Wildman–Crippen LogP) is 12.6. The van der Waals surface area contributed by atoms with E-state index >= 15 is 0 Å². The van der Waals surface area contributed by atoms with E-state index in [0.29, 0.717) is 12.8 Å². The van der Waals surface area contributed by atoms with Gasteiger partial charge in [-0.1, -0.05) is 219 Å². The van der Waals surface area contributed by atoms with Gasteiger partial charge in [0.1, 0.15) is 36.8 Å². The molecule has 66 heavy (non-hydrogen) atoms. The van der Waals surface area contributed by atoms with Crippen molar-refractivity contribution in [3.63, 3.8) is 0 Å². The average molecular weight is 961 g/mol. The maximum absolute atomic E-state index is 12.9. The zero-order valence-electron chi connectivity index (χ0n) is 42.1. The molecule has 0 spiro atoms. The van der Waals surface area contributed by atoms with E-state index in [2.05, 4.69) is 26.0 Å². The van der Waals surface area contributed by atoms with Crippen LogP contribution in [-0.2, 0) is 38.7 Å². The molecule has 4 N–H and O–H groups in total. The number of carbonyl (C=O) groups excluding carboxylic acids is 2. The molecule has 0 aromatic carbocycles. The van der Waals surface area contributed by atoms with Crippen LogP contribution in [0.25, 0.3) is 0 Å². The first-order chi connectivity index (χ1) is 32.0. The van der Waals surface area contributed by atoms with E-state index in [9.17, 15) is 37.9 Å². The molecule has 13 heteroatoms. The lowest BCUT2D eigenvalue weighted by Gasteiger charge is -2.40. The van der Waals surface area contributed by atoms with Crippen LogP contribution in [0.4, 0.5) is 0 Å². The molecule has 0 saturated carbocycles. The Morgan fingerprint density at radius 3 is 1.26 bits per heavy atom. The van der Waals surface area contributed by atoms with E-state index in [0.717, 1.165) is 38.5 Å². The molecular formula is C53H100O12S. The number of aliphatic hydroxyl groups is 3. The SMILES string of the molecule is CCCCCCCCCC/C=C\CCCCCCCCCCCC(=O)OC(COC(=O)CCCCCCCCCCCCCCCCCCC)COC1OC(CS(=O)(=O)O)C(O)C(O)C1O. The summed E-state index contributed by atoms with van der Waals surface area (Å²) < 4.78 is 54.3. The van der Waals surface area contributed by atoms with Crippen LogP contribution in [-0.4, -0.2) is 96.0 Å². The van der Waals surface area contributed by atoms with Crippen molar-refractivity contribution in [3.8, 4) is 0 Å². The number of unbranched alkanes of at least 4 members (excludes halogenated alkanes) is 33. The van der Waals surface area contributed by atoms with Crippen LogP contribution in [0.3, 0.4) is 0 Å². The van der Waals surface area contributed by atoms with Gasteiger partial charge in [0.2, 0.25) is 0 Å². The minimum absolute atomic E-state index is 0.167. The molecule has 12 nitrogen and oxygen atoms in total. The van der Waals surface area contributed by atoms with Crippen LogP contribution in [0.2, 0.25) is 0 Å². The van der Waals surface area contributed by atoms with Crippen molar-refractivity contribution in [1.82, 2.24) is 0 Å². The Balaban J connectivity index is 2.33. The van der Waals surface area contributed by atoms with Crippen LogP contribution in [0, 0.1) is 0 Å². The lowest BCUT2D eigenvalue weighted by molar-refractivity contribution is -0.297. The van der Waals surface area contributed by atoms with Crippen molar-refractivity contribution in [3.05, 3.63) is 12.2 Å². The first kappa shape index (κ1) is 62.4. The van der Waals surface area contributed by atoms with Gasteiger partial charge in [0.15, 0.2) is 12.4 Å². The van der Waals surface area contributed by atoms with Gasteiger partial charge < -0.3 is 34.3 Å². The number of carbonyl (C=O) groups is 2. The maximum Gasteiger partial charge on any atom is 0.306 e. The summed E-state index contributed by atoms with van der Waals surface area (Å²) in [6.45, 7) is 3.81. The van der Waals surface area contributed by atoms with Gasteiger partial charge in [-0.15, -0.1) is 0 Å². The van der Waals surface area contributed by atoms with Gasteiger partial charge in [0.05, 0.1) is 6.61 Å². The summed E-state index contributed by atoms with van der Waals surface area (Å²) in [5.74, 6) is -1.96. The molecule has 0 amide bonds. The molecule has 0 aliphatic carbocycles. The second-order valence-corrected chi connectivity index (χ2v) is 20.8. The monoisotopic (exact) mass is 961 g/mol. The largest absolute Gasteiger partial charge is 0.462 e. The molecule has 0 radical (unpaired) electrons. The molecule has 6 unspecified atom stereocenters. The van der Waals surface area contributed by atoms with Crippen molar-refractivity contribution < 1.29 is 56.8 Å². The molecule has 6 atom stereocenters. The van der Waals surface area contributed by atoms with Crippen molar-refractivity contribution in [2.45, 2.75) is 295 Å². The van der Waals surface area contributed by atoms with Gasteiger partial charge in [-0.25, -0.2) is 0 Å². The molecule has 390 valence electrons. The number of esters is 2. The van der Waals surface area contributed by atoms with Crippen LogP contribution in [0.15, 0.2) is 12.2 Å². The molecule has 1 rings (SSSR count). The highest BCUT2D eigenvalue weighted by molar-refractivity contribution is 7.85. The Morgan fingerprint density at radius 1 is 0.500 bits per heavy atom. The summed E-state index contributed by atoms with van der Waals surface area (Å²) in [5, 5.41) is 31.0. The summed E-state index contributed by atoms with van der Waals surface area (Å²) in [6.07, 6.45) is 39.6. The third kappa shape index (κ3) is 37.3. The Labute approximate surface area is 403 Å². The van der Waals surface area contributed by atoms with E-state index in [1.807, 2.05) is 0 Å². The predicted molar refractivity (Wildman–Crippen MR) is 266 cm³/mol. The normalized spacial score (nSPS) is 19.4. The smallest absolute Gasteiger partial charge is 0.306 e. The number of allylic oxidation sites excluding steroid dienone is 2. The van der Waals surface area contributed by atoms with Crippen molar-refractivity contribution in [2.75, 3.05) is 19.0 Å². The van der Waals surface area contributed by atoms with Crippen LogP contribution >= 0.6 is 0 Å². The summed E-state index contributed by atoms with van der Waals surface area (Å²) in [7, 11) is -4.60. The minimum atomic E-state index is -4.60. The van der Waals surface area contributed by atoms with Crippen molar-refractivity contribution in [1.29, 1.82) is 0 Å². The zero-order valence-corrected chi connectivity index (χ0v) is 42.9. The number of aliphatic hydroxyl groups excluding tert-OH is 3. The Hall–Kier alpha value is -1.61. The highest BCUT2D eigenvalue weighted by atomic mass is 32.2. The van der Waals surface area contributed by atoms with Gasteiger partial charge in [0, 0.05) is 12.8 Å². The molecule has 1 heterocycles. The van der Waals surface area contributed by atoms with Crippen LogP contribution in [0.5, 0.6) is 0 Å². The number of ether oxygens (including phenoxy) is 4. The summed E-state index contributed by atoms with van der Waals surface area (Å²) in [5.41, 5.74) is 0. The standard InChI is InChI=1S/C53H100O12S/c1-3-5-7-9-11-13-15-17-19-21-22-23-24-26-28-30-32-34-36-38-40-42-49(55)64-46(44-63-53-52(58)51(57)50(56)47(65-53)45-66(59,60)61)43-62-48(54)41-39-37-35-33-31-29-27-25-20-18-16-14-12-10-8-6-4-2/h21-22,46-47,50-53,56-58H,3-20,23-45H2,1-2H3,(H,59,60,61)/b22-21-. The van der Waals surface area contributed by atoms with E-state index < -0.39 is 71.2 Å². The Kier molecular flexibility index (Phi) is 41.0. The first-order valence-electron chi connectivity index (χ1n) is 27.2. The van der Waals surface area contributed by atoms with E-state index in [4.69, 9.17) is 18.9 Å². The Morgan fingerprint density at radius 2 is 0.864 bits per heavy atom. The lowest BCUT2D eigenvalue weighted by Crippen LogP contribution is -2.60. The van der Waals surface area contributed by atoms with E-state index in [1.54, 1.807) is 0 Å². The zero-order chi connectivity index (χ0) is 48.4. The van der Waals surface area contributed by atoms with Gasteiger partial charge in [-0.05, 0) is 38.5 Å². The third-order valence-electron chi connectivity index (χ3n) is 12.8. The fourth-order valence-electron chi connectivity index (χ4n) is 8.62. The fourth-order valence-corrected chi connectivity index (χ4v) is 9.31. The summed E-state index contributed by atoms with van der Waals surface area (Å²) in [4.78, 5) is 25.6. The van der Waals surface area contributed by atoms with Crippen molar-refractivity contribution >= 4 is 22.1 Å². The van der Waals surface area contributed by atoms with Gasteiger partial charge >= 0.3 is 11.9 Å². The second-order valence-electron chi connectivity index (χ2n) is 19.3. The molecule has 1 fully saturated rings. The number of hydrogen-bond donors (Lipinski definition) is 4. The quantitative estimate of drug-likeness (QED) is 0.0196. The molecule has 0 aromatic rings. The minimum Gasteiger partial charge on any atom is -0.462 e. The van der Waals surface area contributed by atoms with Gasteiger partial charge in [0.25, 0.3) is 10.1 Å². The molecule has 1 aliphatic rings. The van der Waals surface area contributed by atoms with Gasteiger partial charge in [-0.3, -0.25) is 14.1 Å². The maximum atomic E-state index is 12.9. The second kappa shape index (κ2) is 43.4. The van der Waals surface area contributed by atoms with E-state index in [-0.39, 0.29) is 19.4 Å². The Bertz CT molecular complexity index is 1260. The highest BCUT2D eigenvalue weighted by Gasteiger charge is 2.46.